The molecule has 1 atom stereocenters. The van der Waals surface area contributed by atoms with Crippen molar-refractivity contribution < 1.29 is 4.92 Å². The Morgan fingerprint density at radius 1 is 1.30 bits per heavy atom. The molecular formula is C15H15BrN2O2. The van der Waals surface area contributed by atoms with Crippen LogP contribution in [0.5, 0.6) is 0 Å². The molecule has 4 nitrogen and oxygen atoms in total. The van der Waals surface area contributed by atoms with Gasteiger partial charge in [0.1, 0.15) is 0 Å². The van der Waals surface area contributed by atoms with Crippen LogP contribution in [0.3, 0.4) is 0 Å². The molecule has 2 aromatic rings. The fraction of sp³-hybridized carbons (Fsp3) is 0.200. The fourth-order valence-corrected chi connectivity index (χ4v) is 2.70. The summed E-state index contributed by atoms with van der Waals surface area (Å²) in [7, 11) is 0. The first-order chi connectivity index (χ1) is 9.49. The lowest BCUT2D eigenvalue weighted by atomic mass is 9.97. The van der Waals surface area contributed by atoms with E-state index >= 15 is 0 Å². The number of benzene rings is 2. The van der Waals surface area contributed by atoms with Crippen LogP contribution in [0.15, 0.2) is 46.9 Å². The van der Waals surface area contributed by atoms with E-state index in [1.54, 1.807) is 18.2 Å². The van der Waals surface area contributed by atoms with Gasteiger partial charge in [-0.3, -0.25) is 10.1 Å². The van der Waals surface area contributed by atoms with Crippen molar-refractivity contribution in [3.63, 3.8) is 0 Å². The minimum atomic E-state index is -0.368. The number of aryl methyl sites for hydroxylation is 1. The van der Waals surface area contributed by atoms with Crippen LogP contribution in [0.4, 0.5) is 5.69 Å². The molecule has 1 unspecified atom stereocenters. The number of hydrogen-bond acceptors (Lipinski definition) is 3. The highest BCUT2D eigenvalue weighted by atomic mass is 79.9. The van der Waals surface area contributed by atoms with Crippen LogP contribution in [0, 0.1) is 17.0 Å². The quantitative estimate of drug-likeness (QED) is 0.680. The second-order valence-corrected chi connectivity index (χ2v) is 5.58. The number of nitrogens with zero attached hydrogens (tertiary/aromatic N) is 1. The van der Waals surface area contributed by atoms with Gasteiger partial charge in [0.2, 0.25) is 0 Å². The number of para-hydroxylation sites is 1. The molecule has 20 heavy (non-hydrogen) atoms. The number of rotatable bonds is 4. The molecule has 0 fully saturated rings. The third-order valence-corrected chi connectivity index (χ3v) is 3.90. The van der Waals surface area contributed by atoms with Crippen LogP contribution in [-0.2, 0) is 6.42 Å². The van der Waals surface area contributed by atoms with Crippen molar-refractivity contribution >= 4 is 21.6 Å². The molecular weight excluding hydrogens is 320 g/mol. The van der Waals surface area contributed by atoms with E-state index in [0.29, 0.717) is 12.0 Å². The molecule has 2 N–H and O–H groups in total. The summed E-state index contributed by atoms with van der Waals surface area (Å²) in [6.07, 6.45) is 0.430. The van der Waals surface area contributed by atoms with E-state index in [1.165, 1.54) is 6.07 Å². The van der Waals surface area contributed by atoms with Gasteiger partial charge in [-0.25, -0.2) is 0 Å². The third kappa shape index (κ3) is 3.23. The molecule has 0 aliphatic rings. The van der Waals surface area contributed by atoms with Crippen LogP contribution in [0.1, 0.15) is 22.7 Å². The molecule has 0 aliphatic carbocycles. The summed E-state index contributed by atoms with van der Waals surface area (Å²) in [5, 5.41) is 11.0. The topological polar surface area (TPSA) is 69.2 Å². The molecule has 0 aromatic heterocycles. The fourth-order valence-electron chi connectivity index (χ4n) is 2.16. The zero-order valence-electron chi connectivity index (χ0n) is 11.0. The van der Waals surface area contributed by atoms with Crippen molar-refractivity contribution in [2.75, 3.05) is 0 Å². The lowest BCUT2D eigenvalue weighted by molar-refractivity contribution is -0.385. The minimum Gasteiger partial charge on any atom is -0.324 e. The molecule has 0 aliphatic heterocycles. The normalized spacial score (nSPS) is 12.2. The molecule has 0 saturated carbocycles. The van der Waals surface area contributed by atoms with Crippen molar-refractivity contribution in [2.45, 2.75) is 19.4 Å². The highest BCUT2D eigenvalue weighted by Gasteiger charge is 2.17. The Hall–Kier alpha value is -1.72. The Morgan fingerprint density at radius 2 is 2.00 bits per heavy atom. The van der Waals surface area contributed by atoms with Gasteiger partial charge in [-0.1, -0.05) is 51.8 Å². The lowest BCUT2D eigenvalue weighted by Gasteiger charge is -2.15. The zero-order chi connectivity index (χ0) is 14.7. The zero-order valence-corrected chi connectivity index (χ0v) is 12.6. The Morgan fingerprint density at radius 3 is 2.70 bits per heavy atom. The Balaban J connectivity index is 2.30. The molecule has 104 valence electrons. The number of nitrogens with two attached hydrogens (primary N) is 1. The Kier molecular flexibility index (Phi) is 4.52. The molecule has 0 spiro atoms. The predicted octanol–water partition coefficient (Wildman–Crippen LogP) is 3.91. The summed E-state index contributed by atoms with van der Waals surface area (Å²) < 4.78 is 0.925. The van der Waals surface area contributed by atoms with Gasteiger partial charge in [0, 0.05) is 22.1 Å². The summed E-state index contributed by atoms with van der Waals surface area (Å²) >= 11 is 3.48. The molecule has 0 amide bonds. The average molecular weight is 335 g/mol. The second-order valence-electron chi connectivity index (χ2n) is 4.72. The first-order valence-corrected chi connectivity index (χ1v) is 7.02. The molecule has 0 radical (unpaired) electrons. The van der Waals surface area contributed by atoms with Gasteiger partial charge < -0.3 is 5.73 Å². The van der Waals surface area contributed by atoms with Gasteiger partial charge in [-0.2, -0.15) is 0 Å². The van der Waals surface area contributed by atoms with Crippen molar-refractivity contribution in [3.05, 3.63) is 73.7 Å². The summed E-state index contributed by atoms with van der Waals surface area (Å²) in [5.74, 6) is 0. The van der Waals surface area contributed by atoms with E-state index in [0.717, 1.165) is 15.6 Å². The summed E-state index contributed by atoms with van der Waals surface area (Å²) in [5.41, 5.74) is 9.06. The first-order valence-electron chi connectivity index (χ1n) is 6.23. The SMILES string of the molecule is Cc1ccc(Br)c(C(N)Cc2ccccc2[N+](=O)[O-])c1. The second kappa shape index (κ2) is 6.15. The molecule has 2 aromatic carbocycles. The number of nitro groups is 1. The Labute approximate surface area is 125 Å². The van der Waals surface area contributed by atoms with Crippen molar-refractivity contribution in [1.82, 2.24) is 0 Å². The number of halogens is 1. The van der Waals surface area contributed by atoms with Crippen LogP contribution < -0.4 is 5.73 Å². The summed E-state index contributed by atoms with van der Waals surface area (Å²) in [6.45, 7) is 1.99. The number of nitro benzene ring substituents is 1. The monoisotopic (exact) mass is 334 g/mol. The summed E-state index contributed by atoms with van der Waals surface area (Å²) in [6, 6.07) is 12.4. The van der Waals surface area contributed by atoms with E-state index in [2.05, 4.69) is 15.9 Å². The highest BCUT2D eigenvalue weighted by molar-refractivity contribution is 9.10. The third-order valence-electron chi connectivity index (χ3n) is 3.18. The maximum atomic E-state index is 11.0. The van der Waals surface area contributed by atoms with Gasteiger partial charge >= 0.3 is 0 Å². The van der Waals surface area contributed by atoms with Gasteiger partial charge in [0.05, 0.1) is 4.92 Å². The highest BCUT2D eigenvalue weighted by Crippen LogP contribution is 2.28. The molecule has 5 heteroatoms. The smallest absolute Gasteiger partial charge is 0.272 e. The largest absolute Gasteiger partial charge is 0.324 e. The van der Waals surface area contributed by atoms with E-state index in [1.807, 2.05) is 25.1 Å². The van der Waals surface area contributed by atoms with Crippen LogP contribution in [0.25, 0.3) is 0 Å². The average Bonchev–Trinajstić information content (AvgIpc) is 2.41. The van der Waals surface area contributed by atoms with Crippen LogP contribution in [-0.4, -0.2) is 4.92 Å². The molecule has 0 bridgehead atoms. The van der Waals surface area contributed by atoms with E-state index in [4.69, 9.17) is 5.73 Å². The lowest BCUT2D eigenvalue weighted by Crippen LogP contribution is -2.15. The summed E-state index contributed by atoms with van der Waals surface area (Å²) in [4.78, 5) is 10.6. The Bertz CT molecular complexity index is 644. The standard InChI is InChI=1S/C15H15BrN2O2/c1-10-6-7-13(16)12(8-10)14(17)9-11-4-2-3-5-15(11)18(19)20/h2-8,14H,9,17H2,1H3. The van der Waals surface area contributed by atoms with E-state index < -0.39 is 0 Å². The maximum Gasteiger partial charge on any atom is 0.272 e. The molecule has 2 rings (SSSR count). The number of hydrogen-bond donors (Lipinski definition) is 1. The first kappa shape index (κ1) is 14.7. The maximum absolute atomic E-state index is 11.0. The van der Waals surface area contributed by atoms with Crippen molar-refractivity contribution in [3.8, 4) is 0 Å². The minimum absolute atomic E-state index is 0.117. The van der Waals surface area contributed by atoms with Gasteiger partial charge in [-0.05, 0) is 25.0 Å². The molecule has 0 saturated heterocycles. The van der Waals surface area contributed by atoms with Gasteiger partial charge in [0.15, 0.2) is 0 Å². The van der Waals surface area contributed by atoms with E-state index in [-0.39, 0.29) is 16.7 Å². The van der Waals surface area contributed by atoms with Crippen LogP contribution >= 0.6 is 15.9 Å². The van der Waals surface area contributed by atoms with Gasteiger partial charge in [-0.15, -0.1) is 0 Å². The molecule has 0 heterocycles. The van der Waals surface area contributed by atoms with Crippen molar-refractivity contribution in [1.29, 1.82) is 0 Å². The van der Waals surface area contributed by atoms with Crippen molar-refractivity contribution in [2.24, 2.45) is 5.73 Å². The predicted molar refractivity (Wildman–Crippen MR) is 82.6 cm³/mol. The van der Waals surface area contributed by atoms with E-state index in [9.17, 15) is 10.1 Å². The van der Waals surface area contributed by atoms with Gasteiger partial charge in [0.25, 0.3) is 5.69 Å². The van der Waals surface area contributed by atoms with Crippen LogP contribution in [0.2, 0.25) is 0 Å².